The SMILES string of the molecule is CN[C@@H]1CCN(c2cccc3nc(CN(C)[C@H]4CCCc5cccnc54)c(C(O)C(O)c4c(CN(C)[C@H]5CCCc6cccnc65)nc5cccc(N6CC[C@@H](NC)C6)n45)n23)C1. The summed E-state index contributed by atoms with van der Waals surface area (Å²) in [4.78, 5) is 29.8. The van der Waals surface area contributed by atoms with E-state index in [1.165, 1.54) is 11.1 Å². The van der Waals surface area contributed by atoms with Crippen LogP contribution in [0.1, 0.15) is 108 Å². The van der Waals surface area contributed by atoms with Gasteiger partial charge < -0.3 is 30.6 Å². The van der Waals surface area contributed by atoms with E-state index in [0.29, 0.717) is 36.6 Å². The second-order valence-corrected chi connectivity index (χ2v) is 18.1. The fraction of sp³-hybridized carbons (Fsp3) is 0.500. The number of anilines is 2. The summed E-state index contributed by atoms with van der Waals surface area (Å²) in [5.74, 6) is 1.93. The minimum Gasteiger partial charge on any atom is -0.384 e. The van der Waals surface area contributed by atoms with E-state index in [-0.39, 0.29) is 12.1 Å². The first-order chi connectivity index (χ1) is 30.3. The molecule has 0 aromatic carbocycles. The molecular formula is C48H62N12O2. The van der Waals surface area contributed by atoms with Crippen LogP contribution in [-0.2, 0) is 25.9 Å². The topological polar surface area (TPSA) is 138 Å². The van der Waals surface area contributed by atoms with Gasteiger partial charge in [0.25, 0.3) is 0 Å². The number of aliphatic hydroxyl groups is 2. The van der Waals surface area contributed by atoms with Crippen LogP contribution in [0.2, 0.25) is 0 Å². The van der Waals surface area contributed by atoms with Gasteiger partial charge in [-0.1, -0.05) is 24.3 Å². The lowest BCUT2D eigenvalue weighted by Gasteiger charge is -2.33. The number of fused-ring (bicyclic) bond motifs is 4. The van der Waals surface area contributed by atoms with Gasteiger partial charge in [0.2, 0.25) is 0 Å². The number of aliphatic hydroxyl groups excluding tert-OH is 2. The molecule has 2 aliphatic carbocycles. The van der Waals surface area contributed by atoms with Gasteiger partial charge in [-0.15, -0.1) is 0 Å². The molecule has 2 unspecified atom stereocenters. The summed E-state index contributed by atoms with van der Waals surface area (Å²) in [5, 5.41) is 33.2. The Kier molecular flexibility index (Phi) is 11.5. The maximum absolute atomic E-state index is 13.1. The molecule has 4 aliphatic rings. The first-order valence-corrected chi connectivity index (χ1v) is 22.8. The summed E-state index contributed by atoms with van der Waals surface area (Å²) >= 11 is 0. The monoisotopic (exact) mass is 839 g/mol. The van der Waals surface area contributed by atoms with Crippen LogP contribution >= 0.6 is 0 Å². The molecule has 0 radical (unpaired) electrons. The van der Waals surface area contributed by atoms with Gasteiger partial charge in [-0.25, -0.2) is 9.97 Å². The van der Waals surface area contributed by atoms with Gasteiger partial charge in [-0.2, -0.15) is 0 Å². The Morgan fingerprint density at radius 3 is 1.50 bits per heavy atom. The summed E-state index contributed by atoms with van der Waals surface area (Å²) in [7, 11) is 8.32. The van der Waals surface area contributed by atoms with E-state index < -0.39 is 12.2 Å². The number of rotatable bonds is 13. The lowest BCUT2D eigenvalue weighted by Crippen LogP contribution is -2.31. The zero-order chi connectivity index (χ0) is 42.5. The number of hydrogen-bond acceptors (Lipinski definition) is 12. The van der Waals surface area contributed by atoms with E-state index in [2.05, 4.69) is 89.5 Å². The highest BCUT2D eigenvalue weighted by Gasteiger charge is 2.37. The largest absolute Gasteiger partial charge is 0.384 e. The summed E-state index contributed by atoms with van der Waals surface area (Å²) in [6.45, 7) is 4.36. The molecule has 14 nitrogen and oxygen atoms in total. The zero-order valence-corrected chi connectivity index (χ0v) is 36.7. The number of hydrogen-bond donors (Lipinski definition) is 4. The molecule has 326 valence electrons. The third-order valence-electron chi connectivity index (χ3n) is 14.4. The summed E-state index contributed by atoms with van der Waals surface area (Å²) < 4.78 is 4.22. The van der Waals surface area contributed by atoms with Gasteiger partial charge in [0.05, 0.1) is 46.2 Å². The summed E-state index contributed by atoms with van der Waals surface area (Å²) in [6, 6.07) is 21.8. The number of imidazole rings is 2. The van der Waals surface area contributed by atoms with Crippen molar-refractivity contribution in [2.75, 3.05) is 64.2 Å². The molecule has 0 saturated carbocycles. The molecule has 62 heavy (non-hydrogen) atoms. The maximum Gasteiger partial charge on any atom is 0.138 e. The predicted molar refractivity (Wildman–Crippen MR) is 242 cm³/mol. The van der Waals surface area contributed by atoms with Crippen LogP contribution in [-0.4, -0.2) is 115 Å². The number of nitrogens with one attached hydrogen (secondary N) is 2. The van der Waals surface area contributed by atoms with Gasteiger partial charge >= 0.3 is 0 Å². The van der Waals surface area contributed by atoms with Crippen molar-refractivity contribution in [1.82, 2.24) is 49.2 Å². The molecule has 4 N–H and O–H groups in total. The van der Waals surface area contributed by atoms with Gasteiger partial charge in [0.15, 0.2) is 0 Å². The third-order valence-corrected chi connectivity index (χ3v) is 14.4. The first-order valence-electron chi connectivity index (χ1n) is 22.8. The normalized spacial score (nSPS) is 22.6. The molecule has 6 atom stereocenters. The van der Waals surface area contributed by atoms with E-state index in [9.17, 15) is 10.2 Å². The van der Waals surface area contributed by atoms with E-state index >= 15 is 0 Å². The van der Waals surface area contributed by atoms with Gasteiger partial charge in [-0.05, 0) is 127 Å². The lowest BCUT2D eigenvalue weighted by atomic mass is 9.91. The third kappa shape index (κ3) is 7.43. The highest BCUT2D eigenvalue weighted by atomic mass is 16.3. The fourth-order valence-corrected chi connectivity index (χ4v) is 11.1. The average Bonchev–Trinajstić information content (AvgIpc) is 4.13. The van der Waals surface area contributed by atoms with Crippen molar-refractivity contribution in [3.05, 3.63) is 118 Å². The molecular weight excluding hydrogens is 777 g/mol. The Balaban J connectivity index is 1.10. The Bertz CT molecular complexity index is 2360. The molecule has 14 heteroatoms. The second-order valence-electron chi connectivity index (χ2n) is 18.1. The number of nitrogens with zero attached hydrogens (tertiary/aromatic N) is 10. The van der Waals surface area contributed by atoms with Crippen LogP contribution in [0.4, 0.5) is 11.6 Å². The lowest BCUT2D eigenvalue weighted by molar-refractivity contribution is 0.00898. The van der Waals surface area contributed by atoms with E-state index in [4.69, 9.17) is 19.9 Å². The van der Waals surface area contributed by atoms with Crippen molar-refractivity contribution in [3.8, 4) is 0 Å². The molecule has 2 aliphatic heterocycles. The van der Waals surface area contributed by atoms with Crippen LogP contribution in [0.15, 0.2) is 73.1 Å². The average molecular weight is 839 g/mol. The van der Waals surface area contributed by atoms with Crippen LogP contribution < -0.4 is 20.4 Å². The fourth-order valence-electron chi connectivity index (χ4n) is 11.1. The highest BCUT2D eigenvalue weighted by Crippen LogP contribution is 2.41. The number of likely N-dealkylation sites (N-methyl/N-ethyl adjacent to an activating group) is 2. The molecule has 0 amide bonds. The quantitative estimate of drug-likeness (QED) is 0.122. The molecule has 8 heterocycles. The van der Waals surface area contributed by atoms with Crippen molar-refractivity contribution in [1.29, 1.82) is 0 Å². The van der Waals surface area contributed by atoms with Crippen molar-refractivity contribution in [3.63, 3.8) is 0 Å². The Morgan fingerprint density at radius 1 is 0.629 bits per heavy atom. The van der Waals surface area contributed by atoms with E-state index in [0.717, 1.165) is 123 Å². The van der Waals surface area contributed by atoms with Crippen LogP contribution in [0.25, 0.3) is 11.3 Å². The Morgan fingerprint density at radius 2 is 1.08 bits per heavy atom. The number of aryl methyl sites for hydroxylation is 2. The van der Waals surface area contributed by atoms with Crippen LogP contribution in [0.3, 0.4) is 0 Å². The first kappa shape index (κ1) is 41.1. The van der Waals surface area contributed by atoms with Gasteiger partial charge in [-0.3, -0.25) is 28.6 Å². The number of pyridine rings is 4. The molecule has 6 aromatic heterocycles. The van der Waals surface area contributed by atoms with Gasteiger partial charge in [0.1, 0.15) is 35.1 Å². The highest BCUT2D eigenvalue weighted by molar-refractivity contribution is 5.58. The second kappa shape index (κ2) is 17.3. The number of aromatic nitrogens is 6. The van der Waals surface area contributed by atoms with Gasteiger partial charge in [0, 0.05) is 63.7 Å². The Labute approximate surface area is 364 Å². The Hall–Kier alpha value is -4.96. The van der Waals surface area contributed by atoms with Crippen molar-refractivity contribution in [2.24, 2.45) is 0 Å². The standard InChI is InChI=1S/C48H62N12O2/c1-49-33-21-25-57(27-33)41-19-7-17-39-53-35(29-55(3)37-15-5-11-31-13-9-23-51-43(31)37)45(59(39)41)47(61)48(62)46-36(30-56(4)38-16-6-12-32-14-10-24-52-44(32)38)54-40-18-8-20-42(60(40)46)58-26-22-34(28-58)50-2/h7-10,13-14,17-20,23-24,33-34,37-38,47-50,61-62H,5-6,11-12,15-16,21-22,25-30H2,1-4H3/t33-,34-,37+,38+,47?,48?/m1/s1. The van der Waals surface area contributed by atoms with E-state index in [1.54, 1.807) is 0 Å². The molecule has 0 spiro atoms. The maximum atomic E-state index is 13.1. The molecule has 2 saturated heterocycles. The molecule has 0 bridgehead atoms. The van der Waals surface area contributed by atoms with Crippen LogP contribution in [0.5, 0.6) is 0 Å². The smallest absolute Gasteiger partial charge is 0.138 e. The summed E-state index contributed by atoms with van der Waals surface area (Å²) in [5.41, 5.74) is 9.02. The van der Waals surface area contributed by atoms with Crippen molar-refractivity contribution in [2.45, 2.75) is 101 Å². The minimum atomic E-state index is -1.34. The molecule has 2 fully saturated rings. The summed E-state index contributed by atoms with van der Waals surface area (Å²) in [6.07, 6.45) is 9.34. The van der Waals surface area contributed by atoms with E-state index in [1.807, 2.05) is 50.8 Å². The van der Waals surface area contributed by atoms with Crippen molar-refractivity contribution < 1.29 is 10.2 Å². The van der Waals surface area contributed by atoms with Crippen molar-refractivity contribution >= 4 is 22.9 Å². The zero-order valence-electron chi connectivity index (χ0n) is 36.7. The van der Waals surface area contributed by atoms with Crippen LogP contribution in [0, 0.1) is 0 Å². The molecule has 10 rings (SSSR count). The predicted octanol–water partition coefficient (Wildman–Crippen LogP) is 5.15. The molecule has 6 aromatic rings. The minimum absolute atomic E-state index is 0.110.